The Hall–Kier alpha value is -1.91. The van der Waals surface area contributed by atoms with Gasteiger partial charge in [0.1, 0.15) is 0 Å². The van der Waals surface area contributed by atoms with Crippen LogP contribution in [0.4, 0.5) is 4.79 Å². The maximum atomic E-state index is 11.8. The van der Waals surface area contributed by atoms with Crippen LogP contribution in [0.15, 0.2) is 22.7 Å². The third-order valence-corrected chi connectivity index (χ3v) is 5.51. The lowest BCUT2D eigenvalue weighted by Gasteiger charge is -2.14. The Balaban J connectivity index is 1.73. The summed E-state index contributed by atoms with van der Waals surface area (Å²) in [4.78, 5) is 24.0. The number of ether oxygens (including phenoxy) is 1. The summed E-state index contributed by atoms with van der Waals surface area (Å²) < 4.78 is 7.73. The highest BCUT2D eigenvalue weighted by molar-refractivity contribution is 7.99. The number of thiophene rings is 1. The van der Waals surface area contributed by atoms with E-state index >= 15 is 0 Å². The molecule has 3 heterocycles. The molecule has 1 atom stereocenters. The quantitative estimate of drug-likeness (QED) is 0.740. The Morgan fingerprint density at radius 2 is 2.36 bits per heavy atom. The Labute approximate surface area is 153 Å². The molecule has 3 rings (SSSR count). The van der Waals surface area contributed by atoms with Crippen LogP contribution in [0.3, 0.4) is 0 Å². The highest BCUT2D eigenvalue weighted by Crippen LogP contribution is 2.28. The van der Waals surface area contributed by atoms with E-state index in [2.05, 4.69) is 20.8 Å². The molecule has 0 spiro atoms. The van der Waals surface area contributed by atoms with Gasteiger partial charge in [-0.2, -0.15) is 0 Å². The summed E-state index contributed by atoms with van der Waals surface area (Å²) in [6.07, 6.45) is 2.19. The summed E-state index contributed by atoms with van der Waals surface area (Å²) in [5, 5.41) is 15.7. The van der Waals surface area contributed by atoms with Gasteiger partial charge in [-0.05, 0) is 24.3 Å². The average Bonchev–Trinajstić information content (AvgIpc) is 3.35. The predicted molar refractivity (Wildman–Crippen MR) is 95.6 cm³/mol. The first kappa shape index (κ1) is 17.9. The van der Waals surface area contributed by atoms with Gasteiger partial charge in [-0.15, -0.1) is 21.5 Å². The van der Waals surface area contributed by atoms with Crippen molar-refractivity contribution in [3.8, 4) is 10.7 Å². The van der Waals surface area contributed by atoms with Gasteiger partial charge in [-0.25, -0.2) is 4.79 Å². The van der Waals surface area contributed by atoms with Crippen LogP contribution in [0.1, 0.15) is 12.8 Å². The lowest BCUT2D eigenvalue weighted by molar-refractivity contribution is -0.117. The summed E-state index contributed by atoms with van der Waals surface area (Å²) in [5.41, 5.74) is 0. The van der Waals surface area contributed by atoms with Crippen molar-refractivity contribution in [3.05, 3.63) is 17.5 Å². The zero-order valence-electron chi connectivity index (χ0n) is 13.7. The fourth-order valence-corrected chi connectivity index (χ4v) is 3.96. The number of hydrogen-bond donors (Lipinski definition) is 2. The number of carbonyl (C=O) groups is 2. The summed E-state index contributed by atoms with van der Waals surface area (Å²) in [5.74, 6) is 0.482. The van der Waals surface area contributed by atoms with Crippen molar-refractivity contribution in [1.82, 2.24) is 25.4 Å². The summed E-state index contributed by atoms with van der Waals surface area (Å²) in [6.45, 7) is 1.43. The molecule has 10 heteroatoms. The number of amides is 3. The predicted octanol–water partition coefficient (Wildman–Crippen LogP) is 1.73. The van der Waals surface area contributed by atoms with Gasteiger partial charge in [0, 0.05) is 13.7 Å². The van der Waals surface area contributed by atoms with E-state index in [-0.39, 0.29) is 17.8 Å². The Morgan fingerprint density at radius 3 is 3.04 bits per heavy atom. The number of hydrogen-bond acceptors (Lipinski definition) is 7. The van der Waals surface area contributed by atoms with E-state index in [1.54, 1.807) is 11.3 Å². The van der Waals surface area contributed by atoms with Crippen LogP contribution in [0.25, 0.3) is 10.7 Å². The zero-order chi connectivity index (χ0) is 17.6. The minimum atomic E-state index is -0.523. The number of thioether (sulfide) groups is 1. The van der Waals surface area contributed by atoms with Crippen molar-refractivity contribution in [1.29, 1.82) is 0 Å². The second-order valence-corrected chi connectivity index (χ2v) is 7.34. The van der Waals surface area contributed by atoms with Gasteiger partial charge >= 0.3 is 6.03 Å². The van der Waals surface area contributed by atoms with E-state index in [0.717, 1.165) is 30.2 Å². The zero-order valence-corrected chi connectivity index (χ0v) is 15.4. The molecule has 0 bridgehead atoms. The van der Waals surface area contributed by atoms with Crippen molar-refractivity contribution in [2.75, 3.05) is 19.4 Å². The van der Waals surface area contributed by atoms with Crippen LogP contribution < -0.4 is 10.6 Å². The molecule has 8 nitrogen and oxygen atoms in total. The largest absolute Gasteiger partial charge is 0.376 e. The number of imide groups is 1. The molecule has 0 saturated carbocycles. The van der Waals surface area contributed by atoms with Crippen molar-refractivity contribution in [2.45, 2.75) is 30.6 Å². The van der Waals surface area contributed by atoms with Gasteiger partial charge < -0.3 is 10.1 Å². The molecule has 1 saturated heterocycles. The number of urea groups is 1. The topological polar surface area (TPSA) is 98.1 Å². The van der Waals surface area contributed by atoms with E-state index in [4.69, 9.17) is 4.74 Å². The average molecular weight is 381 g/mol. The molecule has 1 fully saturated rings. The van der Waals surface area contributed by atoms with Crippen molar-refractivity contribution < 1.29 is 14.3 Å². The molecule has 2 aromatic heterocycles. The van der Waals surface area contributed by atoms with Gasteiger partial charge in [0.05, 0.1) is 23.3 Å². The second kappa shape index (κ2) is 8.45. The van der Waals surface area contributed by atoms with Gasteiger partial charge in [-0.1, -0.05) is 17.8 Å². The van der Waals surface area contributed by atoms with Crippen LogP contribution in [-0.2, 0) is 16.1 Å². The molecule has 25 heavy (non-hydrogen) atoms. The van der Waals surface area contributed by atoms with Gasteiger partial charge in [0.25, 0.3) is 0 Å². The van der Waals surface area contributed by atoms with E-state index in [0.29, 0.717) is 11.7 Å². The molecule has 1 aliphatic rings. The molecule has 134 valence electrons. The molecule has 2 N–H and O–H groups in total. The van der Waals surface area contributed by atoms with E-state index < -0.39 is 6.03 Å². The Kier molecular flexibility index (Phi) is 6.05. The molecule has 0 radical (unpaired) electrons. The smallest absolute Gasteiger partial charge is 0.321 e. The first-order chi connectivity index (χ1) is 12.2. The molecular formula is C15H19N5O3S2. The number of aromatic nitrogens is 3. The lowest BCUT2D eigenvalue weighted by Crippen LogP contribution is -2.38. The van der Waals surface area contributed by atoms with Crippen molar-refractivity contribution in [2.24, 2.45) is 0 Å². The maximum Gasteiger partial charge on any atom is 0.321 e. The molecular weight excluding hydrogens is 362 g/mol. The first-order valence-electron chi connectivity index (χ1n) is 7.90. The van der Waals surface area contributed by atoms with Crippen molar-refractivity contribution in [3.63, 3.8) is 0 Å². The molecule has 3 amide bonds. The molecule has 2 aromatic rings. The highest BCUT2D eigenvalue weighted by Gasteiger charge is 2.22. The Morgan fingerprint density at radius 1 is 1.48 bits per heavy atom. The normalized spacial score (nSPS) is 16.8. The number of nitrogens with zero attached hydrogens (tertiary/aromatic N) is 3. The fourth-order valence-electron chi connectivity index (χ4n) is 2.50. The summed E-state index contributed by atoms with van der Waals surface area (Å²) in [6, 6.07) is 3.44. The van der Waals surface area contributed by atoms with Crippen LogP contribution in [-0.4, -0.2) is 52.2 Å². The van der Waals surface area contributed by atoms with Crippen LogP contribution in [0.2, 0.25) is 0 Å². The first-order valence-corrected chi connectivity index (χ1v) is 9.77. The minimum Gasteiger partial charge on any atom is -0.376 e. The SMILES string of the molecule is CNC(=O)NC(=O)CSc1nnc(-c2cccs2)n1CC1CCCO1. The lowest BCUT2D eigenvalue weighted by atomic mass is 10.2. The standard InChI is InChI=1S/C15H19N5O3S2/c1-16-14(22)17-12(21)9-25-15-19-18-13(11-5-3-7-24-11)20(15)8-10-4-2-6-23-10/h3,5,7,10H,2,4,6,8-9H2,1H3,(H2,16,17,21,22). The van der Waals surface area contributed by atoms with Gasteiger partial charge in [-0.3, -0.25) is 14.7 Å². The Bertz CT molecular complexity index is 726. The number of rotatable bonds is 6. The molecule has 0 aliphatic carbocycles. The van der Waals surface area contributed by atoms with E-state index in [1.165, 1.54) is 18.8 Å². The third kappa shape index (κ3) is 4.59. The number of carbonyl (C=O) groups excluding carboxylic acids is 2. The van der Waals surface area contributed by atoms with Gasteiger partial charge in [0.2, 0.25) is 5.91 Å². The second-order valence-electron chi connectivity index (χ2n) is 5.45. The molecule has 1 unspecified atom stereocenters. The number of nitrogens with one attached hydrogen (secondary N) is 2. The minimum absolute atomic E-state index is 0.0848. The van der Waals surface area contributed by atoms with Crippen molar-refractivity contribution >= 4 is 35.0 Å². The summed E-state index contributed by atoms with van der Waals surface area (Å²) >= 11 is 2.85. The van der Waals surface area contributed by atoms with E-state index in [9.17, 15) is 9.59 Å². The van der Waals surface area contributed by atoms with Crippen LogP contribution in [0, 0.1) is 0 Å². The van der Waals surface area contributed by atoms with Crippen LogP contribution >= 0.6 is 23.1 Å². The summed E-state index contributed by atoms with van der Waals surface area (Å²) in [7, 11) is 1.46. The molecule has 1 aliphatic heterocycles. The van der Waals surface area contributed by atoms with Gasteiger partial charge in [0.15, 0.2) is 11.0 Å². The highest BCUT2D eigenvalue weighted by atomic mass is 32.2. The monoisotopic (exact) mass is 381 g/mol. The van der Waals surface area contributed by atoms with E-state index in [1.807, 2.05) is 22.1 Å². The molecule has 0 aromatic carbocycles. The third-order valence-electron chi connectivity index (χ3n) is 3.68. The fraction of sp³-hybridized carbons (Fsp3) is 0.467. The van der Waals surface area contributed by atoms with Crippen LogP contribution in [0.5, 0.6) is 0 Å². The maximum absolute atomic E-state index is 11.8.